The van der Waals surface area contributed by atoms with Gasteiger partial charge in [0, 0.05) is 0 Å². The number of ether oxygens (including phenoxy) is 1. The highest BCUT2D eigenvalue weighted by atomic mass is 32.2. The number of hydrogen-bond acceptors (Lipinski definition) is 4. The predicted molar refractivity (Wildman–Crippen MR) is 131 cm³/mol. The molecule has 2 rings (SSSR count). The van der Waals surface area contributed by atoms with Crippen LogP contribution in [0.15, 0.2) is 48.5 Å². The first-order chi connectivity index (χ1) is 14.7. The summed E-state index contributed by atoms with van der Waals surface area (Å²) in [5.41, 5.74) is 2.54. The maximum absolute atomic E-state index is 12.5. The molecule has 0 atom stereocenters. The van der Waals surface area contributed by atoms with Gasteiger partial charge >= 0.3 is 0 Å². The third-order valence-electron chi connectivity index (χ3n) is 5.09. The summed E-state index contributed by atoms with van der Waals surface area (Å²) in [6.45, 7) is 12.9. The summed E-state index contributed by atoms with van der Waals surface area (Å²) in [7, 11) is -3.62. The lowest BCUT2D eigenvalue weighted by Gasteiger charge is -2.24. The van der Waals surface area contributed by atoms with Crippen LogP contribution in [0.3, 0.4) is 0 Å². The van der Waals surface area contributed by atoms with Crippen molar-refractivity contribution in [1.82, 2.24) is 5.32 Å². The molecule has 0 heterocycles. The molecular formula is C25H36N2O4S. The van der Waals surface area contributed by atoms with E-state index in [-0.39, 0.29) is 36.4 Å². The minimum atomic E-state index is -3.62. The summed E-state index contributed by atoms with van der Waals surface area (Å²) in [4.78, 5) is 12.5. The number of hydrogen-bond donors (Lipinski definition) is 1. The van der Waals surface area contributed by atoms with Gasteiger partial charge in [-0.3, -0.25) is 9.10 Å². The van der Waals surface area contributed by atoms with Gasteiger partial charge < -0.3 is 10.1 Å². The molecule has 32 heavy (non-hydrogen) atoms. The molecule has 176 valence electrons. The van der Waals surface area contributed by atoms with E-state index in [1.54, 1.807) is 12.1 Å². The average molecular weight is 461 g/mol. The number of nitrogens with zero attached hydrogens (tertiary/aromatic N) is 1. The van der Waals surface area contributed by atoms with Gasteiger partial charge in [-0.1, -0.05) is 71.9 Å². The molecule has 0 unspecified atom stereocenters. The number of benzene rings is 2. The SMILES string of the molecule is CC(C)(C)c1ccc(N(CC(=O)NCCOc2ccccc2C(C)(C)C)S(C)(=O)=O)cc1. The number of carbonyl (C=O) groups excluding carboxylic acids is 1. The number of amides is 1. The van der Waals surface area contributed by atoms with Crippen molar-refractivity contribution in [2.45, 2.75) is 52.4 Å². The lowest BCUT2D eigenvalue weighted by molar-refractivity contribution is -0.119. The van der Waals surface area contributed by atoms with Crippen molar-refractivity contribution < 1.29 is 17.9 Å². The molecule has 0 aliphatic rings. The molecule has 0 fully saturated rings. The van der Waals surface area contributed by atoms with E-state index in [1.165, 1.54) is 0 Å². The van der Waals surface area contributed by atoms with Gasteiger partial charge in [-0.25, -0.2) is 8.42 Å². The lowest BCUT2D eigenvalue weighted by atomic mass is 9.86. The van der Waals surface area contributed by atoms with Crippen LogP contribution in [0.4, 0.5) is 5.69 Å². The van der Waals surface area contributed by atoms with Gasteiger partial charge in [0.25, 0.3) is 0 Å². The van der Waals surface area contributed by atoms with E-state index >= 15 is 0 Å². The minimum absolute atomic E-state index is 0.0442. The third kappa shape index (κ3) is 7.26. The van der Waals surface area contributed by atoms with Gasteiger partial charge in [0.2, 0.25) is 15.9 Å². The molecule has 0 saturated carbocycles. The topological polar surface area (TPSA) is 75.7 Å². The number of rotatable bonds is 8. The van der Waals surface area contributed by atoms with Crippen molar-refractivity contribution in [3.05, 3.63) is 59.7 Å². The first-order valence-corrected chi connectivity index (χ1v) is 12.6. The highest BCUT2D eigenvalue weighted by Gasteiger charge is 2.22. The fourth-order valence-electron chi connectivity index (χ4n) is 3.28. The Hall–Kier alpha value is -2.54. The average Bonchev–Trinajstić information content (AvgIpc) is 2.67. The van der Waals surface area contributed by atoms with E-state index in [1.807, 2.05) is 36.4 Å². The predicted octanol–water partition coefficient (Wildman–Crippen LogP) is 4.24. The molecule has 0 radical (unpaired) electrons. The summed E-state index contributed by atoms with van der Waals surface area (Å²) < 4.78 is 31.6. The molecule has 0 spiro atoms. The Morgan fingerprint density at radius 3 is 2.06 bits per heavy atom. The molecule has 7 heteroatoms. The first-order valence-electron chi connectivity index (χ1n) is 10.8. The largest absolute Gasteiger partial charge is 0.491 e. The minimum Gasteiger partial charge on any atom is -0.491 e. The van der Waals surface area contributed by atoms with Crippen LogP contribution in [-0.4, -0.2) is 40.3 Å². The van der Waals surface area contributed by atoms with Crippen LogP contribution in [0.2, 0.25) is 0 Å². The van der Waals surface area contributed by atoms with Gasteiger partial charge in [0.1, 0.15) is 18.9 Å². The van der Waals surface area contributed by atoms with Crippen molar-refractivity contribution in [3.63, 3.8) is 0 Å². The van der Waals surface area contributed by atoms with Crippen molar-refractivity contribution in [3.8, 4) is 5.75 Å². The molecule has 0 aliphatic carbocycles. The Morgan fingerprint density at radius 1 is 0.938 bits per heavy atom. The molecule has 0 aromatic heterocycles. The maximum Gasteiger partial charge on any atom is 0.240 e. The zero-order chi connectivity index (χ0) is 24.2. The van der Waals surface area contributed by atoms with Crippen LogP contribution in [-0.2, 0) is 25.6 Å². The van der Waals surface area contributed by atoms with E-state index in [4.69, 9.17) is 4.74 Å². The number of para-hydroxylation sites is 1. The highest BCUT2D eigenvalue weighted by Crippen LogP contribution is 2.30. The van der Waals surface area contributed by atoms with Crippen LogP contribution < -0.4 is 14.4 Å². The summed E-state index contributed by atoms with van der Waals surface area (Å²) >= 11 is 0. The molecule has 6 nitrogen and oxygen atoms in total. The van der Waals surface area contributed by atoms with E-state index < -0.39 is 10.0 Å². The molecule has 1 amide bonds. The monoisotopic (exact) mass is 460 g/mol. The van der Waals surface area contributed by atoms with Gasteiger partial charge in [-0.15, -0.1) is 0 Å². The number of nitrogens with one attached hydrogen (secondary N) is 1. The van der Waals surface area contributed by atoms with Crippen LogP contribution >= 0.6 is 0 Å². The second-order valence-electron chi connectivity index (χ2n) is 10.0. The summed E-state index contributed by atoms with van der Waals surface area (Å²) in [5.74, 6) is 0.397. The highest BCUT2D eigenvalue weighted by molar-refractivity contribution is 7.92. The van der Waals surface area contributed by atoms with Crippen LogP contribution in [0.5, 0.6) is 5.75 Å². The van der Waals surface area contributed by atoms with Gasteiger partial charge in [0.05, 0.1) is 18.5 Å². The standard InChI is InChI=1S/C25H36N2O4S/c1-24(2,3)19-12-14-20(15-13-19)27(32(7,29)30)18-23(28)26-16-17-31-22-11-9-8-10-21(22)25(4,5)6/h8-15H,16-18H2,1-7H3,(H,26,28). The van der Waals surface area contributed by atoms with Crippen LogP contribution in [0.1, 0.15) is 52.7 Å². The fourth-order valence-corrected chi connectivity index (χ4v) is 4.13. The summed E-state index contributed by atoms with van der Waals surface area (Å²) in [6, 6.07) is 15.1. The normalized spacial score (nSPS) is 12.3. The molecule has 0 bridgehead atoms. The van der Waals surface area contributed by atoms with E-state index in [0.717, 1.165) is 27.4 Å². The summed E-state index contributed by atoms with van der Waals surface area (Å²) in [6.07, 6.45) is 1.10. The Kier molecular flexibility index (Phi) is 7.99. The van der Waals surface area contributed by atoms with Gasteiger partial charge in [-0.2, -0.15) is 0 Å². The van der Waals surface area contributed by atoms with Crippen LogP contribution in [0, 0.1) is 0 Å². The van der Waals surface area contributed by atoms with Crippen LogP contribution in [0.25, 0.3) is 0 Å². The molecule has 2 aromatic carbocycles. The smallest absolute Gasteiger partial charge is 0.240 e. The Labute approximate surface area is 193 Å². The molecule has 0 saturated heterocycles. The Balaban J connectivity index is 1.98. The van der Waals surface area contributed by atoms with Crippen molar-refractivity contribution in [1.29, 1.82) is 0 Å². The Bertz CT molecular complexity index is 1020. The van der Waals surface area contributed by atoms with Gasteiger partial charge in [0.15, 0.2) is 0 Å². The second kappa shape index (κ2) is 9.94. The number of sulfonamides is 1. The first kappa shape index (κ1) is 25.7. The Morgan fingerprint density at radius 2 is 1.53 bits per heavy atom. The molecule has 1 N–H and O–H groups in total. The van der Waals surface area contributed by atoms with E-state index in [2.05, 4.69) is 46.9 Å². The maximum atomic E-state index is 12.5. The fraction of sp³-hybridized carbons (Fsp3) is 0.480. The zero-order valence-corrected chi connectivity index (χ0v) is 21.0. The number of carbonyl (C=O) groups is 1. The van der Waals surface area contributed by atoms with Gasteiger partial charge in [-0.05, 0) is 40.2 Å². The molecule has 2 aromatic rings. The van der Waals surface area contributed by atoms with Crippen molar-refractivity contribution >= 4 is 21.6 Å². The second-order valence-corrected chi connectivity index (χ2v) is 11.9. The van der Waals surface area contributed by atoms with E-state index in [0.29, 0.717) is 5.69 Å². The lowest BCUT2D eigenvalue weighted by Crippen LogP contribution is -2.41. The molecule has 0 aliphatic heterocycles. The summed E-state index contributed by atoms with van der Waals surface area (Å²) in [5, 5.41) is 2.75. The van der Waals surface area contributed by atoms with Crippen molar-refractivity contribution in [2.24, 2.45) is 0 Å². The van der Waals surface area contributed by atoms with E-state index in [9.17, 15) is 13.2 Å². The zero-order valence-electron chi connectivity index (χ0n) is 20.2. The molecular weight excluding hydrogens is 424 g/mol. The van der Waals surface area contributed by atoms with Crippen molar-refractivity contribution in [2.75, 3.05) is 30.3 Å². The third-order valence-corrected chi connectivity index (χ3v) is 6.23. The quantitative estimate of drug-likeness (QED) is 0.598. The number of anilines is 1.